The molecule has 1 aromatic heterocycles. The first-order chi connectivity index (χ1) is 10.1. The molecule has 1 aromatic rings. The molecule has 1 fully saturated rings. The van der Waals surface area contributed by atoms with E-state index in [-0.39, 0.29) is 18.0 Å². The number of furan rings is 1. The average Bonchev–Trinajstić information content (AvgIpc) is 3.04. The van der Waals surface area contributed by atoms with Crippen molar-refractivity contribution in [3.8, 4) is 6.07 Å². The standard InChI is InChI=1S/C15H22N4O2/c1-12(10-16)18-5-7-19(8-6-18)13(2)15(20)17-11-14-4-3-9-21-14/h3-4,9,12-13H,5-8,11H2,1-2H3,(H,17,20). The highest BCUT2D eigenvalue weighted by molar-refractivity contribution is 5.81. The summed E-state index contributed by atoms with van der Waals surface area (Å²) in [5.41, 5.74) is 0. The minimum atomic E-state index is -0.167. The third-order valence-electron chi connectivity index (χ3n) is 4.03. The van der Waals surface area contributed by atoms with Gasteiger partial charge in [0.15, 0.2) is 0 Å². The number of amides is 1. The number of nitrogens with zero attached hydrogens (tertiary/aromatic N) is 3. The van der Waals surface area contributed by atoms with Crippen LogP contribution < -0.4 is 5.32 Å². The van der Waals surface area contributed by atoms with Crippen molar-refractivity contribution in [1.29, 1.82) is 5.26 Å². The Hall–Kier alpha value is -1.84. The van der Waals surface area contributed by atoms with E-state index in [4.69, 9.17) is 9.68 Å². The number of carbonyl (C=O) groups is 1. The molecule has 2 rings (SSSR count). The van der Waals surface area contributed by atoms with E-state index >= 15 is 0 Å². The van der Waals surface area contributed by atoms with Crippen molar-refractivity contribution in [2.75, 3.05) is 26.2 Å². The Balaban J connectivity index is 1.77. The van der Waals surface area contributed by atoms with E-state index < -0.39 is 0 Å². The molecule has 1 aliphatic rings. The number of piperazine rings is 1. The van der Waals surface area contributed by atoms with E-state index in [0.29, 0.717) is 6.54 Å². The van der Waals surface area contributed by atoms with E-state index in [9.17, 15) is 4.79 Å². The largest absolute Gasteiger partial charge is 0.467 e. The summed E-state index contributed by atoms with van der Waals surface area (Å²) in [6, 6.07) is 5.67. The molecule has 0 spiro atoms. The first-order valence-corrected chi connectivity index (χ1v) is 7.29. The molecule has 0 bridgehead atoms. The zero-order valence-electron chi connectivity index (χ0n) is 12.6. The van der Waals surface area contributed by atoms with Gasteiger partial charge in [0, 0.05) is 26.2 Å². The Morgan fingerprint density at radius 2 is 2.05 bits per heavy atom. The second-order valence-electron chi connectivity index (χ2n) is 5.35. The lowest BCUT2D eigenvalue weighted by molar-refractivity contribution is -0.126. The molecule has 2 unspecified atom stereocenters. The van der Waals surface area contributed by atoms with Crippen LogP contribution in [0, 0.1) is 11.3 Å². The normalized spacial score (nSPS) is 19.7. The van der Waals surface area contributed by atoms with Gasteiger partial charge in [-0.05, 0) is 26.0 Å². The van der Waals surface area contributed by atoms with Gasteiger partial charge in [-0.15, -0.1) is 0 Å². The Kier molecular flexibility index (Phi) is 5.37. The second-order valence-corrected chi connectivity index (χ2v) is 5.35. The van der Waals surface area contributed by atoms with Crippen LogP contribution in [0.15, 0.2) is 22.8 Å². The zero-order chi connectivity index (χ0) is 15.2. The van der Waals surface area contributed by atoms with E-state index in [0.717, 1.165) is 31.9 Å². The predicted molar refractivity (Wildman–Crippen MR) is 78.2 cm³/mol. The minimum absolute atomic E-state index is 0.00758. The first kappa shape index (κ1) is 15.5. The molecular formula is C15H22N4O2. The number of rotatable bonds is 5. The fourth-order valence-electron chi connectivity index (χ4n) is 2.49. The molecule has 114 valence electrons. The highest BCUT2D eigenvalue weighted by Gasteiger charge is 2.27. The maximum absolute atomic E-state index is 12.1. The molecule has 0 saturated carbocycles. The van der Waals surface area contributed by atoms with Gasteiger partial charge in [0.25, 0.3) is 0 Å². The summed E-state index contributed by atoms with van der Waals surface area (Å²) < 4.78 is 5.20. The first-order valence-electron chi connectivity index (χ1n) is 7.29. The van der Waals surface area contributed by atoms with E-state index in [1.54, 1.807) is 12.3 Å². The highest BCUT2D eigenvalue weighted by atomic mass is 16.3. The number of nitriles is 1. The van der Waals surface area contributed by atoms with Gasteiger partial charge >= 0.3 is 0 Å². The Bertz CT molecular complexity index is 486. The van der Waals surface area contributed by atoms with Crippen molar-refractivity contribution in [2.24, 2.45) is 0 Å². The monoisotopic (exact) mass is 290 g/mol. The maximum atomic E-state index is 12.1. The Labute approximate surface area is 125 Å². The Morgan fingerprint density at radius 3 is 2.62 bits per heavy atom. The minimum Gasteiger partial charge on any atom is -0.467 e. The molecule has 1 aliphatic heterocycles. The molecule has 2 atom stereocenters. The van der Waals surface area contributed by atoms with Crippen LogP contribution in [0.2, 0.25) is 0 Å². The van der Waals surface area contributed by atoms with Gasteiger partial charge in [-0.3, -0.25) is 14.6 Å². The van der Waals surface area contributed by atoms with Crippen LogP contribution in [-0.2, 0) is 11.3 Å². The number of hydrogen-bond acceptors (Lipinski definition) is 5. The number of nitrogens with one attached hydrogen (secondary N) is 1. The Morgan fingerprint density at radius 1 is 1.38 bits per heavy atom. The van der Waals surface area contributed by atoms with Gasteiger partial charge in [0.2, 0.25) is 5.91 Å². The number of hydrogen-bond donors (Lipinski definition) is 1. The summed E-state index contributed by atoms with van der Waals surface area (Å²) in [4.78, 5) is 16.4. The second kappa shape index (κ2) is 7.25. The molecule has 0 aromatic carbocycles. The summed E-state index contributed by atoms with van der Waals surface area (Å²) in [5.74, 6) is 0.761. The van der Waals surface area contributed by atoms with Crippen LogP contribution in [0.5, 0.6) is 0 Å². The van der Waals surface area contributed by atoms with E-state index in [2.05, 4.69) is 21.2 Å². The smallest absolute Gasteiger partial charge is 0.237 e. The van der Waals surface area contributed by atoms with Gasteiger partial charge in [0.05, 0.1) is 31.0 Å². The molecule has 2 heterocycles. The molecule has 1 saturated heterocycles. The summed E-state index contributed by atoms with van der Waals surface area (Å²) in [5, 5.41) is 11.8. The van der Waals surface area contributed by atoms with Gasteiger partial charge in [-0.1, -0.05) is 0 Å². The van der Waals surface area contributed by atoms with Crippen LogP contribution in [0.25, 0.3) is 0 Å². The lowest BCUT2D eigenvalue weighted by Gasteiger charge is -2.38. The third kappa shape index (κ3) is 4.06. The number of carbonyl (C=O) groups excluding carboxylic acids is 1. The van der Waals surface area contributed by atoms with Crippen molar-refractivity contribution in [1.82, 2.24) is 15.1 Å². The lowest BCUT2D eigenvalue weighted by atomic mass is 10.2. The van der Waals surface area contributed by atoms with E-state index in [1.165, 1.54) is 0 Å². The van der Waals surface area contributed by atoms with Crippen LogP contribution in [0.4, 0.5) is 0 Å². The van der Waals surface area contributed by atoms with Crippen molar-refractivity contribution in [3.63, 3.8) is 0 Å². The van der Waals surface area contributed by atoms with Crippen LogP contribution in [-0.4, -0.2) is 54.0 Å². The fraction of sp³-hybridized carbons (Fsp3) is 0.600. The third-order valence-corrected chi connectivity index (χ3v) is 4.03. The summed E-state index contributed by atoms with van der Waals surface area (Å²) in [7, 11) is 0. The van der Waals surface area contributed by atoms with Crippen molar-refractivity contribution >= 4 is 5.91 Å². The molecule has 6 heteroatoms. The van der Waals surface area contributed by atoms with Gasteiger partial charge in [0.1, 0.15) is 5.76 Å². The summed E-state index contributed by atoms with van der Waals surface area (Å²) in [6.45, 7) is 7.51. The molecule has 6 nitrogen and oxygen atoms in total. The molecule has 1 N–H and O–H groups in total. The van der Waals surface area contributed by atoms with Crippen LogP contribution >= 0.6 is 0 Å². The van der Waals surface area contributed by atoms with E-state index in [1.807, 2.05) is 19.9 Å². The van der Waals surface area contributed by atoms with Crippen molar-refractivity contribution < 1.29 is 9.21 Å². The van der Waals surface area contributed by atoms with Gasteiger partial charge < -0.3 is 9.73 Å². The lowest BCUT2D eigenvalue weighted by Crippen LogP contribution is -2.55. The molecular weight excluding hydrogens is 268 g/mol. The molecule has 0 radical (unpaired) electrons. The summed E-state index contributed by atoms with van der Waals surface area (Å²) >= 11 is 0. The van der Waals surface area contributed by atoms with Gasteiger partial charge in [-0.2, -0.15) is 5.26 Å². The van der Waals surface area contributed by atoms with Crippen molar-refractivity contribution in [2.45, 2.75) is 32.5 Å². The van der Waals surface area contributed by atoms with Gasteiger partial charge in [-0.25, -0.2) is 0 Å². The average molecular weight is 290 g/mol. The predicted octanol–water partition coefficient (Wildman–Crippen LogP) is 0.814. The topological polar surface area (TPSA) is 72.5 Å². The molecule has 1 amide bonds. The summed E-state index contributed by atoms with van der Waals surface area (Å²) in [6.07, 6.45) is 1.60. The van der Waals surface area contributed by atoms with Crippen molar-refractivity contribution in [3.05, 3.63) is 24.2 Å². The SMILES string of the molecule is CC(C#N)N1CCN(C(C)C(=O)NCc2ccco2)CC1. The zero-order valence-corrected chi connectivity index (χ0v) is 12.6. The van der Waals surface area contributed by atoms with Crippen LogP contribution in [0.1, 0.15) is 19.6 Å². The highest BCUT2D eigenvalue weighted by Crippen LogP contribution is 2.09. The molecule has 21 heavy (non-hydrogen) atoms. The maximum Gasteiger partial charge on any atom is 0.237 e. The quantitative estimate of drug-likeness (QED) is 0.869. The molecule has 0 aliphatic carbocycles. The fourth-order valence-corrected chi connectivity index (χ4v) is 2.49. The van der Waals surface area contributed by atoms with Crippen LogP contribution in [0.3, 0.4) is 0 Å².